The van der Waals surface area contributed by atoms with E-state index >= 15 is 0 Å². The lowest BCUT2D eigenvalue weighted by atomic mass is 10.1. The molecule has 0 spiro atoms. The zero-order valence-corrected chi connectivity index (χ0v) is 11.9. The Hall–Kier alpha value is -1.30. The van der Waals surface area contributed by atoms with Crippen molar-refractivity contribution >= 4 is 6.08 Å². The van der Waals surface area contributed by atoms with Crippen LogP contribution >= 0.6 is 0 Å². The van der Waals surface area contributed by atoms with Crippen molar-refractivity contribution in [2.24, 2.45) is 0 Å². The molecule has 0 fully saturated rings. The minimum atomic E-state index is 1.17. The van der Waals surface area contributed by atoms with Crippen LogP contribution in [-0.2, 0) is 0 Å². The maximum Gasteiger partial charge on any atom is -0.0263 e. The smallest absolute Gasteiger partial charge is 0.0263 e. The first kappa shape index (κ1) is 16.7. The Bertz CT molecular complexity index is 284. The van der Waals surface area contributed by atoms with Gasteiger partial charge in [-0.2, -0.15) is 0 Å². The van der Waals surface area contributed by atoms with Gasteiger partial charge < -0.3 is 0 Å². The van der Waals surface area contributed by atoms with Crippen LogP contribution in [0.3, 0.4) is 0 Å². The number of allylic oxidation sites excluding steroid dienone is 1. The summed E-state index contributed by atoms with van der Waals surface area (Å²) in [4.78, 5) is 0. The van der Waals surface area contributed by atoms with E-state index in [-0.39, 0.29) is 0 Å². The van der Waals surface area contributed by atoms with E-state index in [1.807, 2.05) is 42.5 Å². The second-order valence-electron chi connectivity index (χ2n) is 4.46. The highest BCUT2D eigenvalue weighted by Crippen LogP contribution is 2.06. The standard InChI is InChI=1S/C10H20.C8H8/c1-3-5-7-9-10-8-6-4-2;1-2-8-6-4-3-5-7-8/h3H,1,4-10H2,2H3;2-7H,1H2. The zero-order chi connectivity index (χ0) is 13.5. The molecule has 0 saturated carbocycles. The summed E-state index contributed by atoms with van der Waals surface area (Å²) in [5.74, 6) is 0. The van der Waals surface area contributed by atoms with E-state index in [4.69, 9.17) is 0 Å². The lowest BCUT2D eigenvalue weighted by Gasteiger charge is -1.96. The third-order valence-electron chi connectivity index (χ3n) is 2.80. The van der Waals surface area contributed by atoms with Crippen molar-refractivity contribution < 1.29 is 0 Å². The van der Waals surface area contributed by atoms with Gasteiger partial charge in [-0.1, -0.05) is 88.1 Å². The van der Waals surface area contributed by atoms with Crippen LogP contribution in [0.15, 0.2) is 49.6 Å². The first-order valence-corrected chi connectivity index (χ1v) is 7.13. The van der Waals surface area contributed by atoms with Crippen molar-refractivity contribution in [1.82, 2.24) is 0 Å². The van der Waals surface area contributed by atoms with Crippen LogP contribution in [0.2, 0.25) is 0 Å². The zero-order valence-electron chi connectivity index (χ0n) is 11.9. The Morgan fingerprint density at radius 2 is 1.50 bits per heavy atom. The molecular weight excluding hydrogens is 216 g/mol. The van der Waals surface area contributed by atoms with Gasteiger partial charge in [0.25, 0.3) is 0 Å². The molecule has 0 aromatic heterocycles. The molecule has 0 bridgehead atoms. The monoisotopic (exact) mass is 244 g/mol. The number of benzene rings is 1. The van der Waals surface area contributed by atoms with Crippen LogP contribution in [-0.4, -0.2) is 0 Å². The van der Waals surface area contributed by atoms with Crippen molar-refractivity contribution in [3.05, 3.63) is 55.1 Å². The molecule has 18 heavy (non-hydrogen) atoms. The maximum absolute atomic E-state index is 3.69. The first-order valence-electron chi connectivity index (χ1n) is 7.13. The van der Waals surface area contributed by atoms with Gasteiger partial charge in [0.1, 0.15) is 0 Å². The second kappa shape index (κ2) is 13.8. The average Bonchev–Trinajstić information content (AvgIpc) is 2.44. The van der Waals surface area contributed by atoms with Gasteiger partial charge in [-0.05, 0) is 18.4 Å². The molecule has 0 aliphatic carbocycles. The summed E-state index contributed by atoms with van der Waals surface area (Å²) in [6.07, 6.45) is 13.4. The molecule has 0 atom stereocenters. The van der Waals surface area contributed by atoms with Crippen molar-refractivity contribution in [2.75, 3.05) is 0 Å². The van der Waals surface area contributed by atoms with E-state index < -0.39 is 0 Å². The van der Waals surface area contributed by atoms with Crippen molar-refractivity contribution in [3.63, 3.8) is 0 Å². The fraction of sp³-hybridized carbons (Fsp3) is 0.444. The molecule has 0 saturated heterocycles. The van der Waals surface area contributed by atoms with Gasteiger partial charge in [-0.15, -0.1) is 6.58 Å². The van der Waals surface area contributed by atoms with Crippen LogP contribution < -0.4 is 0 Å². The Labute approximate surface area is 113 Å². The first-order chi connectivity index (χ1) is 8.85. The van der Waals surface area contributed by atoms with E-state index in [0.29, 0.717) is 0 Å². The van der Waals surface area contributed by atoms with E-state index in [1.54, 1.807) is 0 Å². The highest BCUT2D eigenvalue weighted by atomic mass is 13.9. The number of hydrogen-bond acceptors (Lipinski definition) is 0. The normalized spacial score (nSPS) is 9.17. The molecule has 0 amide bonds. The van der Waals surface area contributed by atoms with Gasteiger partial charge in [0.15, 0.2) is 0 Å². The minimum Gasteiger partial charge on any atom is -0.103 e. The van der Waals surface area contributed by atoms with Gasteiger partial charge in [0.2, 0.25) is 0 Å². The lowest BCUT2D eigenvalue weighted by Crippen LogP contribution is -1.76. The average molecular weight is 244 g/mol. The number of unbranched alkanes of at least 4 members (excludes halogenated alkanes) is 6. The summed E-state index contributed by atoms with van der Waals surface area (Å²) in [6, 6.07) is 10.0. The summed E-state index contributed by atoms with van der Waals surface area (Å²) >= 11 is 0. The van der Waals surface area contributed by atoms with E-state index in [2.05, 4.69) is 20.1 Å². The van der Waals surface area contributed by atoms with Crippen molar-refractivity contribution in [2.45, 2.75) is 51.9 Å². The Balaban J connectivity index is 0.000000327. The van der Waals surface area contributed by atoms with Crippen molar-refractivity contribution in [1.29, 1.82) is 0 Å². The summed E-state index contributed by atoms with van der Waals surface area (Å²) in [6.45, 7) is 9.58. The molecule has 0 nitrogen and oxygen atoms in total. The predicted molar refractivity (Wildman–Crippen MR) is 84.7 cm³/mol. The minimum absolute atomic E-state index is 1.17. The summed E-state index contributed by atoms with van der Waals surface area (Å²) < 4.78 is 0. The summed E-state index contributed by atoms with van der Waals surface area (Å²) in [5, 5.41) is 0. The van der Waals surface area contributed by atoms with Gasteiger partial charge in [0.05, 0.1) is 0 Å². The van der Waals surface area contributed by atoms with Gasteiger partial charge in [-0.3, -0.25) is 0 Å². The van der Waals surface area contributed by atoms with Crippen LogP contribution in [0.25, 0.3) is 6.08 Å². The molecule has 1 rings (SSSR count). The van der Waals surface area contributed by atoms with Gasteiger partial charge in [-0.25, -0.2) is 0 Å². The molecule has 1 aromatic carbocycles. The maximum atomic E-state index is 3.69. The Kier molecular flexibility index (Phi) is 12.8. The highest BCUT2D eigenvalue weighted by Gasteiger charge is 1.86. The molecular formula is C18H28. The van der Waals surface area contributed by atoms with Crippen LogP contribution in [0, 0.1) is 0 Å². The summed E-state index contributed by atoms with van der Waals surface area (Å²) in [7, 11) is 0. The molecule has 100 valence electrons. The molecule has 0 N–H and O–H groups in total. The van der Waals surface area contributed by atoms with Crippen LogP contribution in [0.5, 0.6) is 0 Å². The molecule has 0 heterocycles. The van der Waals surface area contributed by atoms with E-state index in [0.717, 1.165) is 0 Å². The van der Waals surface area contributed by atoms with Crippen LogP contribution in [0.4, 0.5) is 0 Å². The third kappa shape index (κ3) is 11.2. The van der Waals surface area contributed by atoms with Gasteiger partial charge in [0, 0.05) is 0 Å². The quantitative estimate of drug-likeness (QED) is 0.374. The largest absolute Gasteiger partial charge is 0.103 e. The molecule has 0 aliphatic rings. The fourth-order valence-corrected chi connectivity index (χ4v) is 1.66. The second-order valence-corrected chi connectivity index (χ2v) is 4.46. The molecule has 0 aliphatic heterocycles. The van der Waals surface area contributed by atoms with Gasteiger partial charge >= 0.3 is 0 Å². The summed E-state index contributed by atoms with van der Waals surface area (Å²) in [5.41, 5.74) is 1.17. The van der Waals surface area contributed by atoms with E-state index in [1.165, 1.54) is 50.5 Å². The highest BCUT2D eigenvalue weighted by molar-refractivity contribution is 5.45. The Morgan fingerprint density at radius 1 is 0.889 bits per heavy atom. The molecule has 0 radical (unpaired) electrons. The fourth-order valence-electron chi connectivity index (χ4n) is 1.66. The number of rotatable bonds is 8. The molecule has 1 aromatic rings. The lowest BCUT2D eigenvalue weighted by molar-refractivity contribution is 0.611. The third-order valence-corrected chi connectivity index (χ3v) is 2.80. The molecule has 0 unspecified atom stereocenters. The SMILES string of the molecule is C=CCCCCCCCC.C=Cc1ccccc1. The predicted octanol–water partition coefficient (Wildman–Crippen LogP) is 6.25. The molecule has 0 heteroatoms. The van der Waals surface area contributed by atoms with Crippen LogP contribution in [0.1, 0.15) is 57.4 Å². The van der Waals surface area contributed by atoms with Crippen molar-refractivity contribution in [3.8, 4) is 0 Å². The Morgan fingerprint density at radius 3 is 2.00 bits per heavy atom. The number of hydrogen-bond donors (Lipinski definition) is 0. The topological polar surface area (TPSA) is 0 Å². The van der Waals surface area contributed by atoms with E-state index in [9.17, 15) is 0 Å².